The Hall–Kier alpha value is -3.11. The molecule has 2 aromatic carbocycles. The standard InChI is InChI=1S/C19H17N7OS2/c1-28-18-20-9-10-25(18)15-7-3-5-13(11-15)17(27)21-14-6-4-8-16(12-14)26-19(29-2)22-23-24-26/h3-12H,1-2H3,(H,21,27). The summed E-state index contributed by atoms with van der Waals surface area (Å²) in [5, 5.41) is 16.1. The Bertz CT molecular complexity index is 1150. The fourth-order valence-electron chi connectivity index (χ4n) is 2.82. The van der Waals surface area contributed by atoms with Crippen molar-refractivity contribution in [3.05, 3.63) is 66.5 Å². The smallest absolute Gasteiger partial charge is 0.255 e. The first-order valence-corrected chi connectivity index (χ1v) is 11.1. The number of imidazole rings is 1. The van der Waals surface area contributed by atoms with Gasteiger partial charge in [0.2, 0.25) is 5.16 Å². The summed E-state index contributed by atoms with van der Waals surface area (Å²) in [6.07, 6.45) is 7.49. The molecule has 10 heteroatoms. The number of anilines is 1. The van der Waals surface area contributed by atoms with Gasteiger partial charge in [0.05, 0.1) is 5.69 Å². The maximum absolute atomic E-state index is 12.8. The number of aromatic nitrogens is 6. The summed E-state index contributed by atoms with van der Waals surface area (Å²) < 4.78 is 3.58. The van der Waals surface area contributed by atoms with E-state index < -0.39 is 0 Å². The molecule has 0 radical (unpaired) electrons. The predicted molar refractivity (Wildman–Crippen MR) is 114 cm³/mol. The van der Waals surface area contributed by atoms with Gasteiger partial charge in [0.15, 0.2) is 5.16 Å². The highest BCUT2D eigenvalue weighted by atomic mass is 32.2. The number of hydrogen-bond donors (Lipinski definition) is 1. The molecule has 0 aliphatic carbocycles. The van der Waals surface area contributed by atoms with Crippen molar-refractivity contribution in [2.75, 3.05) is 17.8 Å². The summed E-state index contributed by atoms with van der Waals surface area (Å²) in [7, 11) is 0. The van der Waals surface area contributed by atoms with Crippen molar-refractivity contribution in [1.29, 1.82) is 0 Å². The lowest BCUT2D eigenvalue weighted by atomic mass is 10.1. The van der Waals surface area contributed by atoms with Crippen molar-refractivity contribution in [2.24, 2.45) is 0 Å². The summed E-state index contributed by atoms with van der Waals surface area (Å²) in [5.41, 5.74) is 2.87. The van der Waals surface area contributed by atoms with Crippen molar-refractivity contribution in [3.63, 3.8) is 0 Å². The van der Waals surface area contributed by atoms with Crippen LogP contribution in [0.2, 0.25) is 0 Å². The number of nitrogens with one attached hydrogen (secondary N) is 1. The van der Waals surface area contributed by atoms with E-state index in [-0.39, 0.29) is 5.91 Å². The van der Waals surface area contributed by atoms with Gasteiger partial charge in [0.25, 0.3) is 5.91 Å². The third-order valence-electron chi connectivity index (χ3n) is 4.15. The minimum absolute atomic E-state index is 0.198. The Morgan fingerprint density at radius 3 is 2.62 bits per heavy atom. The van der Waals surface area contributed by atoms with Crippen LogP contribution in [-0.2, 0) is 0 Å². The van der Waals surface area contributed by atoms with Crippen LogP contribution in [0.3, 0.4) is 0 Å². The van der Waals surface area contributed by atoms with E-state index in [0.29, 0.717) is 16.4 Å². The average molecular weight is 424 g/mol. The number of hydrogen-bond acceptors (Lipinski definition) is 7. The van der Waals surface area contributed by atoms with E-state index in [1.165, 1.54) is 11.8 Å². The van der Waals surface area contributed by atoms with E-state index in [2.05, 4.69) is 25.8 Å². The van der Waals surface area contributed by atoms with E-state index in [0.717, 1.165) is 16.5 Å². The highest BCUT2D eigenvalue weighted by molar-refractivity contribution is 7.98. The molecule has 0 saturated carbocycles. The third kappa shape index (κ3) is 4.03. The fraction of sp³-hybridized carbons (Fsp3) is 0.105. The Kier molecular flexibility index (Phi) is 5.63. The number of carbonyl (C=O) groups excluding carboxylic acids is 1. The zero-order chi connectivity index (χ0) is 20.2. The van der Waals surface area contributed by atoms with Gasteiger partial charge in [-0.05, 0) is 59.3 Å². The van der Waals surface area contributed by atoms with Crippen molar-refractivity contribution in [1.82, 2.24) is 29.8 Å². The molecule has 0 saturated heterocycles. The topological polar surface area (TPSA) is 90.5 Å². The Morgan fingerprint density at radius 1 is 1.00 bits per heavy atom. The van der Waals surface area contributed by atoms with Gasteiger partial charge >= 0.3 is 0 Å². The van der Waals surface area contributed by atoms with E-state index in [1.54, 1.807) is 28.7 Å². The lowest BCUT2D eigenvalue weighted by Crippen LogP contribution is -2.13. The van der Waals surface area contributed by atoms with Gasteiger partial charge in [-0.3, -0.25) is 9.36 Å². The van der Waals surface area contributed by atoms with Crippen LogP contribution in [0.4, 0.5) is 5.69 Å². The van der Waals surface area contributed by atoms with Gasteiger partial charge in [-0.25, -0.2) is 4.98 Å². The number of benzene rings is 2. The van der Waals surface area contributed by atoms with Gasteiger partial charge in [0, 0.05) is 29.3 Å². The molecule has 0 atom stereocenters. The van der Waals surface area contributed by atoms with Crippen LogP contribution in [-0.4, -0.2) is 48.2 Å². The fourth-order valence-corrected chi connectivity index (χ4v) is 3.78. The van der Waals surface area contributed by atoms with Crippen molar-refractivity contribution in [3.8, 4) is 11.4 Å². The summed E-state index contributed by atoms with van der Waals surface area (Å²) >= 11 is 3.00. The van der Waals surface area contributed by atoms with E-state index >= 15 is 0 Å². The molecule has 4 rings (SSSR count). The van der Waals surface area contributed by atoms with E-state index in [9.17, 15) is 4.79 Å². The molecule has 0 unspecified atom stereocenters. The lowest BCUT2D eigenvalue weighted by Gasteiger charge is -2.10. The summed E-state index contributed by atoms with van der Waals surface area (Å²) in [6, 6.07) is 14.8. The van der Waals surface area contributed by atoms with Crippen LogP contribution in [0.1, 0.15) is 10.4 Å². The minimum Gasteiger partial charge on any atom is -0.322 e. The summed E-state index contributed by atoms with van der Waals surface area (Å²) in [4.78, 5) is 17.1. The van der Waals surface area contributed by atoms with Crippen LogP contribution >= 0.6 is 23.5 Å². The zero-order valence-electron chi connectivity index (χ0n) is 15.7. The average Bonchev–Trinajstić information content (AvgIpc) is 3.43. The summed E-state index contributed by atoms with van der Waals surface area (Å²) in [5.74, 6) is -0.198. The van der Waals surface area contributed by atoms with Crippen molar-refractivity contribution < 1.29 is 4.79 Å². The molecule has 1 amide bonds. The first-order valence-electron chi connectivity index (χ1n) is 8.61. The predicted octanol–water partition coefficient (Wildman–Crippen LogP) is 3.54. The number of nitrogens with zero attached hydrogens (tertiary/aromatic N) is 6. The molecular formula is C19H17N7OS2. The molecule has 2 heterocycles. The van der Waals surface area contributed by atoms with Gasteiger partial charge in [0.1, 0.15) is 0 Å². The van der Waals surface area contributed by atoms with E-state index in [4.69, 9.17) is 0 Å². The minimum atomic E-state index is -0.198. The second kappa shape index (κ2) is 8.50. The first kappa shape index (κ1) is 19.2. The van der Waals surface area contributed by atoms with Crippen LogP contribution in [0.15, 0.2) is 71.2 Å². The molecule has 0 aliphatic rings. The number of rotatable bonds is 6. The monoisotopic (exact) mass is 423 g/mol. The molecule has 29 heavy (non-hydrogen) atoms. The second-order valence-electron chi connectivity index (χ2n) is 5.92. The highest BCUT2D eigenvalue weighted by Gasteiger charge is 2.11. The molecule has 8 nitrogen and oxygen atoms in total. The summed E-state index contributed by atoms with van der Waals surface area (Å²) in [6.45, 7) is 0. The van der Waals surface area contributed by atoms with Crippen LogP contribution in [0, 0.1) is 0 Å². The van der Waals surface area contributed by atoms with Crippen molar-refractivity contribution >= 4 is 35.1 Å². The van der Waals surface area contributed by atoms with Gasteiger partial charge in [-0.1, -0.05) is 35.7 Å². The molecule has 146 valence electrons. The number of thioether (sulfide) groups is 2. The molecule has 2 aromatic heterocycles. The number of tetrazole rings is 1. The molecule has 0 bridgehead atoms. The molecule has 0 spiro atoms. The van der Waals surface area contributed by atoms with Gasteiger partial charge in [-0.15, -0.1) is 5.10 Å². The quantitative estimate of drug-likeness (QED) is 0.474. The highest BCUT2D eigenvalue weighted by Crippen LogP contribution is 2.21. The second-order valence-corrected chi connectivity index (χ2v) is 7.46. The van der Waals surface area contributed by atoms with Gasteiger partial charge in [-0.2, -0.15) is 4.68 Å². The van der Waals surface area contributed by atoms with E-state index in [1.807, 2.05) is 65.7 Å². The Morgan fingerprint density at radius 2 is 1.79 bits per heavy atom. The normalized spacial score (nSPS) is 10.8. The Labute approximate surface area is 175 Å². The lowest BCUT2D eigenvalue weighted by molar-refractivity contribution is 0.102. The number of carbonyl (C=O) groups is 1. The SMILES string of the molecule is CSc1nccn1-c1cccc(C(=O)Nc2cccc(-n3nnnc3SC)c2)c1. The first-order chi connectivity index (χ1) is 14.2. The Balaban J connectivity index is 1.58. The van der Waals surface area contributed by atoms with Crippen LogP contribution in [0.25, 0.3) is 11.4 Å². The molecule has 1 N–H and O–H groups in total. The van der Waals surface area contributed by atoms with Crippen LogP contribution in [0.5, 0.6) is 0 Å². The third-order valence-corrected chi connectivity index (χ3v) is 5.43. The molecule has 0 fully saturated rings. The van der Waals surface area contributed by atoms with Crippen molar-refractivity contribution in [2.45, 2.75) is 10.3 Å². The maximum atomic E-state index is 12.8. The van der Waals surface area contributed by atoms with Gasteiger partial charge < -0.3 is 5.32 Å². The molecular weight excluding hydrogens is 406 g/mol. The molecule has 0 aliphatic heterocycles. The number of amides is 1. The zero-order valence-corrected chi connectivity index (χ0v) is 17.3. The van der Waals surface area contributed by atoms with Crippen LogP contribution < -0.4 is 5.32 Å². The maximum Gasteiger partial charge on any atom is 0.255 e. The molecule has 4 aromatic rings. The largest absolute Gasteiger partial charge is 0.322 e.